The maximum Gasteiger partial charge on any atom is 0.218 e. The number of sulfonamides is 1. The Labute approximate surface area is 126 Å². The summed E-state index contributed by atoms with van der Waals surface area (Å²) < 4.78 is 26.4. The molecule has 1 rings (SSSR count). The highest BCUT2D eigenvalue weighted by molar-refractivity contribution is 7.88. The number of hydrogen-bond acceptors (Lipinski definition) is 4. The van der Waals surface area contributed by atoms with Gasteiger partial charge in [0.1, 0.15) is 5.84 Å². The number of oxime groups is 1. The van der Waals surface area contributed by atoms with Crippen molar-refractivity contribution in [2.45, 2.75) is 26.0 Å². The highest BCUT2D eigenvalue weighted by atomic mass is 32.2. The third-order valence-electron chi connectivity index (χ3n) is 2.90. The first-order chi connectivity index (χ1) is 9.85. The van der Waals surface area contributed by atoms with Crippen molar-refractivity contribution in [1.82, 2.24) is 4.31 Å². The van der Waals surface area contributed by atoms with Crippen LogP contribution in [0.1, 0.15) is 25.8 Å². The van der Waals surface area contributed by atoms with Crippen LogP contribution in [0.5, 0.6) is 0 Å². The summed E-state index contributed by atoms with van der Waals surface area (Å²) in [6.45, 7) is 4.53. The number of amidine groups is 1. The van der Waals surface area contributed by atoms with E-state index < -0.39 is 10.0 Å². The van der Waals surface area contributed by atoms with E-state index in [-0.39, 0.29) is 30.5 Å². The Morgan fingerprint density at radius 3 is 2.48 bits per heavy atom. The summed E-state index contributed by atoms with van der Waals surface area (Å²) >= 11 is 0. The van der Waals surface area contributed by atoms with Crippen molar-refractivity contribution in [2.75, 3.05) is 13.1 Å². The zero-order valence-corrected chi connectivity index (χ0v) is 13.3. The molecule has 1 aromatic carbocycles. The van der Waals surface area contributed by atoms with Gasteiger partial charge in [-0.3, -0.25) is 0 Å². The van der Waals surface area contributed by atoms with Crippen molar-refractivity contribution in [2.24, 2.45) is 16.8 Å². The van der Waals surface area contributed by atoms with Gasteiger partial charge in [0.15, 0.2) is 0 Å². The minimum absolute atomic E-state index is 0.0265. The first-order valence-corrected chi connectivity index (χ1v) is 8.44. The fourth-order valence-corrected chi connectivity index (χ4v) is 3.61. The van der Waals surface area contributed by atoms with Crippen LogP contribution in [-0.4, -0.2) is 36.9 Å². The third-order valence-corrected chi connectivity index (χ3v) is 4.72. The van der Waals surface area contributed by atoms with Gasteiger partial charge in [0, 0.05) is 19.5 Å². The Hall–Kier alpha value is -1.60. The van der Waals surface area contributed by atoms with Gasteiger partial charge in [0.25, 0.3) is 0 Å². The lowest BCUT2D eigenvalue weighted by Gasteiger charge is -2.23. The molecule has 21 heavy (non-hydrogen) atoms. The molecule has 0 aromatic heterocycles. The normalized spacial score (nSPS) is 13.0. The van der Waals surface area contributed by atoms with Crippen LogP contribution in [0.3, 0.4) is 0 Å². The molecular formula is C14H23N3O3S. The Kier molecular flexibility index (Phi) is 6.64. The third kappa shape index (κ3) is 6.14. The van der Waals surface area contributed by atoms with E-state index in [1.807, 2.05) is 32.0 Å². The van der Waals surface area contributed by atoms with Gasteiger partial charge in [-0.05, 0) is 11.5 Å². The van der Waals surface area contributed by atoms with Crippen LogP contribution < -0.4 is 5.73 Å². The predicted octanol–water partition coefficient (Wildman–Crippen LogP) is 1.61. The van der Waals surface area contributed by atoms with Crippen LogP contribution in [0, 0.1) is 5.92 Å². The molecule has 0 radical (unpaired) electrons. The number of rotatable bonds is 8. The van der Waals surface area contributed by atoms with E-state index >= 15 is 0 Å². The van der Waals surface area contributed by atoms with Crippen molar-refractivity contribution < 1.29 is 13.6 Å². The van der Waals surface area contributed by atoms with Crippen LogP contribution >= 0.6 is 0 Å². The van der Waals surface area contributed by atoms with Gasteiger partial charge in [-0.25, -0.2) is 12.7 Å². The van der Waals surface area contributed by atoms with E-state index in [2.05, 4.69) is 5.16 Å². The molecule has 0 aliphatic carbocycles. The summed E-state index contributed by atoms with van der Waals surface area (Å²) in [4.78, 5) is 0. The summed E-state index contributed by atoms with van der Waals surface area (Å²) in [6, 6.07) is 9.05. The van der Waals surface area contributed by atoms with E-state index in [1.54, 1.807) is 12.1 Å². The molecule has 0 heterocycles. The molecule has 0 aliphatic rings. The van der Waals surface area contributed by atoms with Gasteiger partial charge < -0.3 is 10.9 Å². The van der Waals surface area contributed by atoms with Gasteiger partial charge in [-0.2, -0.15) is 0 Å². The average molecular weight is 313 g/mol. The summed E-state index contributed by atoms with van der Waals surface area (Å²) in [5.41, 5.74) is 6.17. The monoisotopic (exact) mass is 313 g/mol. The average Bonchev–Trinajstić information content (AvgIpc) is 2.43. The fraction of sp³-hybridized carbons (Fsp3) is 0.500. The molecule has 0 atom stereocenters. The van der Waals surface area contributed by atoms with Crippen molar-refractivity contribution in [1.29, 1.82) is 0 Å². The molecule has 118 valence electrons. The van der Waals surface area contributed by atoms with Gasteiger partial charge >= 0.3 is 0 Å². The standard InChI is InChI=1S/C14H23N3O3S/c1-12(2)10-17(9-8-14(15)16-18)21(19,20)11-13-6-4-3-5-7-13/h3-7,12,18H,8-11H2,1-2H3,(H2,15,16). The maximum atomic E-state index is 12.5. The molecule has 0 saturated heterocycles. The Bertz CT molecular complexity index is 556. The molecule has 0 bridgehead atoms. The van der Waals surface area contributed by atoms with Gasteiger partial charge in [-0.1, -0.05) is 49.3 Å². The fourth-order valence-electron chi connectivity index (χ4n) is 1.92. The molecule has 6 nitrogen and oxygen atoms in total. The topological polar surface area (TPSA) is 96.0 Å². The summed E-state index contributed by atoms with van der Waals surface area (Å²) in [7, 11) is -3.43. The molecule has 0 fully saturated rings. The molecule has 0 aliphatic heterocycles. The SMILES string of the molecule is CC(C)CN(CCC(N)=NO)S(=O)(=O)Cc1ccccc1. The minimum Gasteiger partial charge on any atom is -0.409 e. The van der Waals surface area contributed by atoms with E-state index in [9.17, 15) is 8.42 Å². The second kappa shape index (κ2) is 7.99. The Balaban J connectivity index is 2.84. The van der Waals surface area contributed by atoms with E-state index in [1.165, 1.54) is 4.31 Å². The second-order valence-electron chi connectivity index (χ2n) is 5.34. The number of nitrogens with two attached hydrogens (primary N) is 1. The first-order valence-electron chi connectivity index (χ1n) is 6.83. The van der Waals surface area contributed by atoms with Crippen LogP contribution in [0.4, 0.5) is 0 Å². The highest BCUT2D eigenvalue weighted by Crippen LogP contribution is 2.13. The lowest BCUT2D eigenvalue weighted by Crippen LogP contribution is -2.37. The number of hydrogen-bond donors (Lipinski definition) is 2. The molecule has 0 unspecified atom stereocenters. The number of benzene rings is 1. The largest absolute Gasteiger partial charge is 0.409 e. The minimum atomic E-state index is -3.43. The molecule has 7 heteroatoms. The predicted molar refractivity (Wildman–Crippen MR) is 83.5 cm³/mol. The van der Waals surface area contributed by atoms with Gasteiger partial charge in [-0.15, -0.1) is 0 Å². The number of nitrogens with zero attached hydrogens (tertiary/aromatic N) is 2. The summed E-state index contributed by atoms with van der Waals surface area (Å²) in [5.74, 6) is 0.179. The lowest BCUT2D eigenvalue weighted by molar-refractivity contribution is 0.314. The zero-order valence-electron chi connectivity index (χ0n) is 12.4. The van der Waals surface area contributed by atoms with Crippen LogP contribution in [0.25, 0.3) is 0 Å². The maximum absolute atomic E-state index is 12.5. The van der Waals surface area contributed by atoms with Crippen LogP contribution in [-0.2, 0) is 15.8 Å². The van der Waals surface area contributed by atoms with Crippen molar-refractivity contribution in [3.05, 3.63) is 35.9 Å². The van der Waals surface area contributed by atoms with E-state index in [0.717, 1.165) is 5.56 Å². The molecule has 0 spiro atoms. The Morgan fingerprint density at radius 2 is 1.95 bits per heavy atom. The van der Waals surface area contributed by atoms with Crippen LogP contribution in [0.15, 0.2) is 35.5 Å². The first kappa shape index (κ1) is 17.5. The van der Waals surface area contributed by atoms with Gasteiger partial charge in [0.05, 0.1) is 5.75 Å². The van der Waals surface area contributed by atoms with Crippen molar-refractivity contribution in [3.63, 3.8) is 0 Å². The zero-order chi connectivity index (χ0) is 15.9. The smallest absolute Gasteiger partial charge is 0.218 e. The van der Waals surface area contributed by atoms with E-state index in [4.69, 9.17) is 10.9 Å². The second-order valence-corrected chi connectivity index (χ2v) is 7.30. The molecule has 0 amide bonds. The van der Waals surface area contributed by atoms with Crippen LogP contribution in [0.2, 0.25) is 0 Å². The summed E-state index contributed by atoms with van der Waals surface area (Å²) in [5, 5.41) is 11.4. The Morgan fingerprint density at radius 1 is 1.33 bits per heavy atom. The van der Waals surface area contributed by atoms with E-state index in [0.29, 0.717) is 6.54 Å². The quantitative estimate of drug-likeness (QED) is 0.330. The highest BCUT2D eigenvalue weighted by Gasteiger charge is 2.23. The lowest BCUT2D eigenvalue weighted by atomic mass is 10.2. The molecular weight excluding hydrogens is 290 g/mol. The molecule has 1 aromatic rings. The van der Waals surface area contributed by atoms with Crippen molar-refractivity contribution in [3.8, 4) is 0 Å². The summed E-state index contributed by atoms with van der Waals surface area (Å²) in [6.07, 6.45) is 0.206. The molecule has 3 N–H and O–H groups in total. The molecule has 0 saturated carbocycles. The van der Waals surface area contributed by atoms with Crippen molar-refractivity contribution >= 4 is 15.9 Å². The van der Waals surface area contributed by atoms with Gasteiger partial charge in [0.2, 0.25) is 10.0 Å².